The Hall–Kier alpha value is -2.04. The van der Waals surface area contributed by atoms with Gasteiger partial charge in [0.2, 0.25) is 0 Å². The summed E-state index contributed by atoms with van der Waals surface area (Å²) in [5, 5.41) is 7.25. The fraction of sp³-hybridized carbons (Fsp3) is 0.250. The van der Waals surface area contributed by atoms with Crippen LogP contribution in [-0.2, 0) is 13.6 Å². The van der Waals surface area contributed by atoms with E-state index in [1.165, 1.54) is 12.1 Å². The summed E-state index contributed by atoms with van der Waals surface area (Å²) in [7, 11) is 1.88. The summed E-state index contributed by atoms with van der Waals surface area (Å²) in [4.78, 5) is 0. The van der Waals surface area contributed by atoms with Gasteiger partial charge in [0.05, 0.1) is 17.6 Å². The second kappa shape index (κ2) is 4.45. The SMILES string of the molecule is Cc1c(CNc2cc(F)ccc2N)cnn1C. The number of aromatic nitrogens is 2. The number of nitrogens with two attached hydrogens (primary N) is 1. The van der Waals surface area contributed by atoms with E-state index in [0.29, 0.717) is 17.9 Å². The van der Waals surface area contributed by atoms with Gasteiger partial charge in [0.15, 0.2) is 0 Å². The minimum Gasteiger partial charge on any atom is -0.397 e. The predicted octanol–water partition coefficient (Wildman–Crippen LogP) is 2.06. The maximum absolute atomic E-state index is 13.0. The van der Waals surface area contributed by atoms with Gasteiger partial charge in [-0.15, -0.1) is 0 Å². The zero-order valence-corrected chi connectivity index (χ0v) is 9.87. The molecule has 0 aliphatic heterocycles. The molecule has 4 nitrogen and oxygen atoms in total. The molecule has 1 heterocycles. The molecule has 2 rings (SSSR count). The van der Waals surface area contributed by atoms with Crippen LogP contribution in [0.3, 0.4) is 0 Å². The molecule has 0 saturated heterocycles. The van der Waals surface area contributed by atoms with Crippen LogP contribution < -0.4 is 11.1 Å². The molecule has 3 N–H and O–H groups in total. The van der Waals surface area contributed by atoms with Crippen molar-refractivity contribution in [3.05, 3.63) is 41.5 Å². The van der Waals surface area contributed by atoms with Crippen molar-refractivity contribution in [3.63, 3.8) is 0 Å². The second-order valence-electron chi connectivity index (χ2n) is 3.96. The molecular weight excluding hydrogens is 219 g/mol. The van der Waals surface area contributed by atoms with Crippen LogP contribution >= 0.6 is 0 Å². The van der Waals surface area contributed by atoms with Crippen LogP contribution in [0.4, 0.5) is 15.8 Å². The van der Waals surface area contributed by atoms with Crippen molar-refractivity contribution in [1.82, 2.24) is 9.78 Å². The molecule has 0 amide bonds. The van der Waals surface area contributed by atoms with Gasteiger partial charge in [0.1, 0.15) is 5.82 Å². The predicted molar refractivity (Wildman–Crippen MR) is 66.1 cm³/mol. The number of hydrogen-bond acceptors (Lipinski definition) is 3. The van der Waals surface area contributed by atoms with E-state index in [-0.39, 0.29) is 5.82 Å². The molecule has 0 aliphatic carbocycles. The van der Waals surface area contributed by atoms with Crippen molar-refractivity contribution in [2.75, 3.05) is 11.1 Å². The Kier molecular flexibility index (Phi) is 2.99. The number of aryl methyl sites for hydroxylation is 1. The van der Waals surface area contributed by atoms with Crippen LogP contribution in [0.2, 0.25) is 0 Å². The fourth-order valence-electron chi connectivity index (χ4n) is 1.59. The number of anilines is 2. The van der Waals surface area contributed by atoms with Crippen LogP contribution in [-0.4, -0.2) is 9.78 Å². The van der Waals surface area contributed by atoms with Crippen LogP contribution in [0.15, 0.2) is 24.4 Å². The maximum Gasteiger partial charge on any atom is 0.125 e. The molecule has 0 aliphatic rings. The number of halogens is 1. The van der Waals surface area contributed by atoms with Crippen molar-refractivity contribution < 1.29 is 4.39 Å². The number of nitrogens with zero attached hydrogens (tertiary/aromatic N) is 2. The quantitative estimate of drug-likeness (QED) is 0.799. The summed E-state index contributed by atoms with van der Waals surface area (Å²) < 4.78 is 14.8. The highest BCUT2D eigenvalue weighted by molar-refractivity contribution is 5.65. The molecule has 90 valence electrons. The van der Waals surface area contributed by atoms with Crippen molar-refractivity contribution in [1.29, 1.82) is 0 Å². The van der Waals surface area contributed by atoms with Gasteiger partial charge in [0, 0.05) is 24.8 Å². The summed E-state index contributed by atoms with van der Waals surface area (Å²) in [6, 6.07) is 4.28. The minimum absolute atomic E-state index is 0.301. The van der Waals surface area contributed by atoms with E-state index in [9.17, 15) is 4.39 Å². The molecule has 0 radical (unpaired) electrons. The van der Waals surface area contributed by atoms with Crippen molar-refractivity contribution in [3.8, 4) is 0 Å². The highest BCUT2D eigenvalue weighted by Crippen LogP contribution is 2.20. The Labute approximate surface area is 99.2 Å². The molecule has 1 aromatic carbocycles. The van der Waals surface area contributed by atoms with Gasteiger partial charge in [-0.25, -0.2) is 4.39 Å². The Balaban J connectivity index is 2.12. The lowest BCUT2D eigenvalue weighted by Crippen LogP contribution is -2.04. The second-order valence-corrected chi connectivity index (χ2v) is 3.96. The number of nitrogens with one attached hydrogen (secondary N) is 1. The highest BCUT2D eigenvalue weighted by Gasteiger charge is 2.05. The van der Waals surface area contributed by atoms with Gasteiger partial charge in [0.25, 0.3) is 0 Å². The largest absolute Gasteiger partial charge is 0.397 e. The van der Waals surface area contributed by atoms with Gasteiger partial charge in [-0.2, -0.15) is 5.10 Å². The highest BCUT2D eigenvalue weighted by atomic mass is 19.1. The number of nitrogen functional groups attached to an aromatic ring is 1. The van der Waals surface area contributed by atoms with Gasteiger partial charge in [-0.05, 0) is 25.1 Å². The molecule has 0 unspecified atom stereocenters. The third-order valence-corrected chi connectivity index (χ3v) is 2.82. The third kappa shape index (κ3) is 2.38. The normalized spacial score (nSPS) is 10.5. The van der Waals surface area contributed by atoms with Crippen molar-refractivity contribution in [2.24, 2.45) is 7.05 Å². The van der Waals surface area contributed by atoms with E-state index in [0.717, 1.165) is 11.3 Å². The molecule has 2 aromatic rings. The fourth-order valence-corrected chi connectivity index (χ4v) is 1.59. The first-order valence-electron chi connectivity index (χ1n) is 5.34. The third-order valence-electron chi connectivity index (χ3n) is 2.82. The van der Waals surface area contributed by atoms with E-state index < -0.39 is 0 Å². The Morgan fingerprint density at radius 2 is 2.24 bits per heavy atom. The van der Waals surface area contributed by atoms with Crippen molar-refractivity contribution in [2.45, 2.75) is 13.5 Å². The average Bonchev–Trinajstić information content (AvgIpc) is 2.62. The summed E-state index contributed by atoms with van der Waals surface area (Å²) in [5.74, 6) is -0.301. The first-order valence-corrected chi connectivity index (χ1v) is 5.34. The number of hydrogen-bond donors (Lipinski definition) is 2. The van der Waals surface area contributed by atoms with Crippen LogP contribution in [0.25, 0.3) is 0 Å². The van der Waals surface area contributed by atoms with Crippen LogP contribution in [0, 0.1) is 12.7 Å². The van der Waals surface area contributed by atoms with E-state index in [4.69, 9.17) is 5.73 Å². The first-order chi connectivity index (χ1) is 8.08. The zero-order valence-electron chi connectivity index (χ0n) is 9.87. The Morgan fingerprint density at radius 3 is 2.88 bits per heavy atom. The minimum atomic E-state index is -0.301. The van der Waals surface area contributed by atoms with E-state index in [1.807, 2.05) is 14.0 Å². The lowest BCUT2D eigenvalue weighted by atomic mass is 10.2. The molecule has 17 heavy (non-hydrogen) atoms. The lowest BCUT2D eigenvalue weighted by molar-refractivity contribution is 0.628. The van der Waals surface area contributed by atoms with Gasteiger partial charge in [-0.3, -0.25) is 4.68 Å². The van der Waals surface area contributed by atoms with E-state index in [2.05, 4.69) is 10.4 Å². The Morgan fingerprint density at radius 1 is 1.47 bits per heavy atom. The smallest absolute Gasteiger partial charge is 0.125 e. The lowest BCUT2D eigenvalue weighted by Gasteiger charge is -2.09. The van der Waals surface area contributed by atoms with Crippen LogP contribution in [0.5, 0.6) is 0 Å². The number of rotatable bonds is 3. The monoisotopic (exact) mass is 234 g/mol. The molecule has 5 heteroatoms. The zero-order chi connectivity index (χ0) is 12.4. The molecule has 0 fully saturated rings. The summed E-state index contributed by atoms with van der Waals surface area (Å²) >= 11 is 0. The van der Waals surface area contributed by atoms with E-state index in [1.54, 1.807) is 16.9 Å². The topological polar surface area (TPSA) is 55.9 Å². The van der Waals surface area contributed by atoms with Gasteiger partial charge < -0.3 is 11.1 Å². The van der Waals surface area contributed by atoms with E-state index >= 15 is 0 Å². The maximum atomic E-state index is 13.0. The van der Waals surface area contributed by atoms with Crippen LogP contribution in [0.1, 0.15) is 11.3 Å². The first kappa shape index (κ1) is 11.4. The standard InChI is InChI=1S/C12H15FN4/c1-8-9(7-16-17(8)2)6-15-12-5-10(13)3-4-11(12)14/h3-5,7,15H,6,14H2,1-2H3. The molecule has 0 saturated carbocycles. The number of benzene rings is 1. The van der Waals surface area contributed by atoms with Crippen molar-refractivity contribution >= 4 is 11.4 Å². The van der Waals surface area contributed by atoms with Gasteiger partial charge in [-0.1, -0.05) is 0 Å². The Bertz CT molecular complexity index is 533. The molecule has 0 bridgehead atoms. The summed E-state index contributed by atoms with van der Waals surface area (Å²) in [5.41, 5.74) is 9.03. The molecule has 1 aromatic heterocycles. The molecule has 0 atom stereocenters. The molecule has 0 spiro atoms. The van der Waals surface area contributed by atoms with Gasteiger partial charge >= 0.3 is 0 Å². The molecular formula is C12H15FN4. The summed E-state index contributed by atoms with van der Waals surface area (Å²) in [6.07, 6.45) is 1.79. The average molecular weight is 234 g/mol. The summed E-state index contributed by atoms with van der Waals surface area (Å²) in [6.45, 7) is 2.56.